The smallest absolute Gasteiger partial charge is 0.00201 e. The number of fused-ring (bicyclic) bond motifs is 11. The molecule has 0 aromatic heterocycles. The Labute approximate surface area is 359 Å². The molecule has 284 valence electrons. The van der Waals surface area contributed by atoms with Gasteiger partial charge >= 0.3 is 0 Å². The first kappa shape index (κ1) is 33.7. The third-order valence-electron chi connectivity index (χ3n) is 13.9. The van der Waals surface area contributed by atoms with Crippen molar-refractivity contribution in [2.45, 2.75) is 0 Å². The van der Waals surface area contributed by atoms with Crippen LogP contribution in [0.15, 0.2) is 218 Å². The van der Waals surface area contributed by atoms with Gasteiger partial charge in [0.25, 0.3) is 0 Å². The maximum absolute atomic E-state index is 2.52. The van der Waals surface area contributed by atoms with Crippen LogP contribution in [0.2, 0.25) is 0 Å². The molecule has 2 aliphatic rings. The molecule has 0 fully saturated rings. The normalized spacial score (nSPS) is 12.2. The molecule has 0 atom stereocenters. The number of hydrogen-bond donors (Lipinski definition) is 0. The van der Waals surface area contributed by atoms with Gasteiger partial charge in [-0.2, -0.15) is 0 Å². The zero-order chi connectivity index (χ0) is 40.5. The van der Waals surface area contributed by atoms with Gasteiger partial charge in [-0.25, -0.2) is 0 Å². The Morgan fingerprint density at radius 2 is 0.419 bits per heavy atom. The van der Waals surface area contributed by atoms with Crippen molar-refractivity contribution in [3.63, 3.8) is 0 Å². The third kappa shape index (κ3) is 4.67. The Balaban J connectivity index is 1.09. The fraction of sp³-hybridized carbons (Fsp3) is 0. The SMILES string of the molecule is c1ccc(-c2ccc3c4c(cccc24)-c2cc4c(cc2-3)c(-c2ccccc2)cc2c3cc5c(cc3c(-c3ccccc3)cc42)-c2ccc(-c3ccccc3)c3cccc-5c23)cc1. The fourth-order valence-corrected chi connectivity index (χ4v) is 11.2. The molecular formula is C62H36. The zero-order valence-corrected chi connectivity index (χ0v) is 33.8. The summed E-state index contributed by atoms with van der Waals surface area (Å²) in [5, 5.41) is 13.0. The molecule has 0 N–H and O–H groups in total. The van der Waals surface area contributed by atoms with Crippen molar-refractivity contribution in [1.29, 1.82) is 0 Å². The summed E-state index contributed by atoms with van der Waals surface area (Å²) < 4.78 is 0. The van der Waals surface area contributed by atoms with E-state index in [2.05, 4.69) is 218 Å². The summed E-state index contributed by atoms with van der Waals surface area (Å²) in [4.78, 5) is 0. The molecule has 0 radical (unpaired) electrons. The number of rotatable bonds is 4. The first-order valence-corrected chi connectivity index (χ1v) is 21.7. The molecular weight excluding hydrogens is 745 g/mol. The van der Waals surface area contributed by atoms with Gasteiger partial charge in [0.15, 0.2) is 0 Å². The lowest BCUT2D eigenvalue weighted by atomic mass is 9.84. The van der Waals surface area contributed by atoms with Crippen LogP contribution >= 0.6 is 0 Å². The van der Waals surface area contributed by atoms with E-state index in [1.54, 1.807) is 0 Å². The Morgan fingerprint density at radius 3 is 0.790 bits per heavy atom. The van der Waals surface area contributed by atoms with Crippen LogP contribution in [0.5, 0.6) is 0 Å². The molecule has 0 amide bonds. The molecule has 14 rings (SSSR count). The maximum atomic E-state index is 2.52. The molecule has 62 heavy (non-hydrogen) atoms. The molecule has 0 saturated carbocycles. The van der Waals surface area contributed by atoms with Gasteiger partial charge < -0.3 is 0 Å². The molecule has 0 heterocycles. The largest absolute Gasteiger partial charge is 0.0622 e. The Morgan fingerprint density at radius 1 is 0.145 bits per heavy atom. The van der Waals surface area contributed by atoms with Gasteiger partial charge in [0, 0.05) is 0 Å². The topological polar surface area (TPSA) is 0 Å². The first-order valence-electron chi connectivity index (χ1n) is 21.7. The van der Waals surface area contributed by atoms with Crippen molar-refractivity contribution in [2.75, 3.05) is 0 Å². The van der Waals surface area contributed by atoms with Crippen LogP contribution in [0.25, 0.3) is 143 Å². The quantitative estimate of drug-likeness (QED) is 0.156. The van der Waals surface area contributed by atoms with E-state index in [1.807, 2.05) is 0 Å². The van der Waals surface area contributed by atoms with Crippen LogP contribution in [0.1, 0.15) is 0 Å². The molecule has 0 nitrogen and oxygen atoms in total. The molecule has 2 aliphatic carbocycles. The van der Waals surface area contributed by atoms with Crippen molar-refractivity contribution in [3.8, 4) is 89.0 Å². The van der Waals surface area contributed by atoms with Crippen LogP contribution in [-0.4, -0.2) is 0 Å². The van der Waals surface area contributed by atoms with Crippen molar-refractivity contribution in [1.82, 2.24) is 0 Å². The van der Waals surface area contributed by atoms with Crippen LogP contribution in [0.4, 0.5) is 0 Å². The Kier molecular flexibility index (Phi) is 6.92. The second-order valence-corrected chi connectivity index (χ2v) is 17.1. The van der Waals surface area contributed by atoms with E-state index >= 15 is 0 Å². The number of hydrogen-bond acceptors (Lipinski definition) is 0. The van der Waals surface area contributed by atoms with E-state index in [1.165, 1.54) is 143 Å². The molecule has 0 heteroatoms. The van der Waals surface area contributed by atoms with E-state index in [4.69, 9.17) is 0 Å². The second-order valence-electron chi connectivity index (χ2n) is 17.1. The zero-order valence-electron chi connectivity index (χ0n) is 33.8. The van der Waals surface area contributed by atoms with E-state index in [9.17, 15) is 0 Å². The highest BCUT2D eigenvalue weighted by Crippen LogP contribution is 2.55. The average molecular weight is 781 g/mol. The monoisotopic (exact) mass is 780 g/mol. The molecule has 0 spiro atoms. The molecule has 0 aliphatic heterocycles. The van der Waals surface area contributed by atoms with Crippen molar-refractivity contribution in [3.05, 3.63) is 218 Å². The van der Waals surface area contributed by atoms with Crippen molar-refractivity contribution in [2.24, 2.45) is 0 Å². The predicted molar refractivity (Wildman–Crippen MR) is 265 cm³/mol. The van der Waals surface area contributed by atoms with E-state index in [0.717, 1.165) is 0 Å². The van der Waals surface area contributed by atoms with E-state index < -0.39 is 0 Å². The maximum Gasteiger partial charge on any atom is -0.00201 e. The third-order valence-corrected chi connectivity index (χ3v) is 13.9. The lowest BCUT2D eigenvalue weighted by Crippen LogP contribution is -1.91. The first-order chi connectivity index (χ1) is 30.8. The standard InChI is InChI=1S/C62H36/c1-5-15-37(16-6-1)41-27-29-47-53-33-55-49(39-19-9-3-10-20-39)31-58-57(59(55)35-51(53)45-25-13-23-43(41)61(45)47)32-50(40-21-11-4-12-22-40)56-34-54-48-30-28-42(38-17-7-2-8-18-38)44-24-14-26-46(62(44)48)52(54)36-60(56)58/h1-36H. The molecule has 12 aromatic rings. The summed E-state index contributed by atoms with van der Waals surface area (Å²) in [6.45, 7) is 0. The van der Waals surface area contributed by atoms with Gasteiger partial charge in [0.1, 0.15) is 0 Å². The van der Waals surface area contributed by atoms with Crippen LogP contribution in [0.3, 0.4) is 0 Å². The molecule has 12 aromatic carbocycles. The van der Waals surface area contributed by atoms with Gasteiger partial charge in [-0.3, -0.25) is 0 Å². The van der Waals surface area contributed by atoms with Crippen LogP contribution in [0, 0.1) is 0 Å². The molecule has 0 saturated heterocycles. The van der Waals surface area contributed by atoms with Gasteiger partial charge in [0.2, 0.25) is 0 Å². The summed E-state index contributed by atoms with van der Waals surface area (Å²) in [6.07, 6.45) is 0. The summed E-state index contributed by atoms with van der Waals surface area (Å²) in [7, 11) is 0. The average Bonchev–Trinajstić information content (AvgIpc) is 3.83. The predicted octanol–water partition coefficient (Wildman–Crippen LogP) is 17.4. The van der Waals surface area contributed by atoms with Crippen LogP contribution < -0.4 is 0 Å². The minimum atomic E-state index is 1.23. The highest BCUT2D eigenvalue weighted by molar-refractivity contribution is 6.29. The van der Waals surface area contributed by atoms with Gasteiger partial charge in [-0.1, -0.05) is 182 Å². The number of benzene rings is 12. The van der Waals surface area contributed by atoms with Gasteiger partial charge in [-0.15, -0.1) is 0 Å². The summed E-state index contributed by atoms with van der Waals surface area (Å²) in [5.74, 6) is 0. The summed E-state index contributed by atoms with van der Waals surface area (Å²) >= 11 is 0. The molecule has 0 unspecified atom stereocenters. The van der Waals surface area contributed by atoms with E-state index in [-0.39, 0.29) is 0 Å². The lowest BCUT2D eigenvalue weighted by Gasteiger charge is -2.19. The van der Waals surface area contributed by atoms with E-state index in [0.29, 0.717) is 0 Å². The van der Waals surface area contributed by atoms with Crippen molar-refractivity contribution >= 4 is 53.9 Å². The lowest BCUT2D eigenvalue weighted by molar-refractivity contribution is 1.65. The van der Waals surface area contributed by atoms with Crippen LogP contribution in [-0.2, 0) is 0 Å². The summed E-state index contributed by atoms with van der Waals surface area (Å²) in [5.41, 5.74) is 20.5. The highest BCUT2D eigenvalue weighted by atomic mass is 14.3. The van der Waals surface area contributed by atoms with Crippen molar-refractivity contribution < 1.29 is 0 Å². The van der Waals surface area contributed by atoms with Gasteiger partial charge in [0.05, 0.1) is 0 Å². The fourth-order valence-electron chi connectivity index (χ4n) is 11.2. The molecule has 0 bridgehead atoms. The minimum Gasteiger partial charge on any atom is -0.0622 e. The second kappa shape index (κ2) is 12.7. The highest BCUT2D eigenvalue weighted by Gasteiger charge is 2.28. The summed E-state index contributed by atoms with van der Waals surface area (Å²) in [6, 6.07) is 81.8. The Bertz CT molecular complexity index is 3600. The van der Waals surface area contributed by atoms with Gasteiger partial charge in [-0.05, 0) is 179 Å². The Hall–Kier alpha value is -8.06. The minimum absolute atomic E-state index is 1.23.